The van der Waals surface area contributed by atoms with Gasteiger partial charge in [-0.25, -0.2) is 4.98 Å². The van der Waals surface area contributed by atoms with Crippen molar-refractivity contribution in [2.24, 2.45) is 0 Å². The molecule has 0 radical (unpaired) electrons. The summed E-state index contributed by atoms with van der Waals surface area (Å²) < 4.78 is 9.38. The SMILES string of the molecule is Cc1ccc(OCCCn2c(-c3cccc(Br)c3)nc3ccccc32)c(C)c1. The van der Waals surface area contributed by atoms with Crippen molar-refractivity contribution in [2.45, 2.75) is 26.8 Å². The van der Waals surface area contributed by atoms with E-state index in [1.165, 1.54) is 11.1 Å². The highest BCUT2D eigenvalue weighted by molar-refractivity contribution is 9.10. The molecule has 0 N–H and O–H groups in total. The summed E-state index contributed by atoms with van der Waals surface area (Å²) in [5, 5.41) is 0. The molecule has 0 saturated heterocycles. The highest BCUT2D eigenvalue weighted by Crippen LogP contribution is 2.27. The fourth-order valence-electron chi connectivity index (χ4n) is 3.52. The number of halogens is 1. The maximum absolute atomic E-state index is 6.03. The van der Waals surface area contributed by atoms with Crippen LogP contribution in [0.15, 0.2) is 71.2 Å². The van der Waals surface area contributed by atoms with Gasteiger partial charge in [0.2, 0.25) is 0 Å². The molecule has 0 aliphatic carbocycles. The van der Waals surface area contributed by atoms with Gasteiger partial charge in [0.15, 0.2) is 0 Å². The van der Waals surface area contributed by atoms with Gasteiger partial charge in [-0.1, -0.05) is 57.9 Å². The van der Waals surface area contributed by atoms with Crippen LogP contribution < -0.4 is 4.74 Å². The van der Waals surface area contributed by atoms with E-state index in [0.717, 1.165) is 45.6 Å². The fraction of sp³-hybridized carbons (Fsp3) is 0.208. The number of rotatable bonds is 6. The molecule has 0 fully saturated rings. The van der Waals surface area contributed by atoms with Crippen LogP contribution in [-0.4, -0.2) is 16.2 Å². The second-order valence-corrected chi connectivity index (χ2v) is 7.97. The average Bonchev–Trinajstić information content (AvgIpc) is 3.05. The zero-order valence-electron chi connectivity index (χ0n) is 16.2. The van der Waals surface area contributed by atoms with Crippen molar-refractivity contribution in [3.05, 3.63) is 82.3 Å². The van der Waals surface area contributed by atoms with Crippen LogP contribution in [0, 0.1) is 13.8 Å². The molecule has 0 amide bonds. The summed E-state index contributed by atoms with van der Waals surface area (Å²) in [4.78, 5) is 4.89. The smallest absolute Gasteiger partial charge is 0.141 e. The van der Waals surface area contributed by atoms with E-state index in [1.54, 1.807) is 0 Å². The molecule has 0 spiro atoms. The average molecular weight is 435 g/mol. The molecule has 0 atom stereocenters. The van der Waals surface area contributed by atoms with Crippen molar-refractivity contribution in [3.63, 3.8) is 0 Å². The summed E-state index contributed by atoms with van der Waals surface area (Å²) in [6.45, 7) is 5.73. The Hall–Kier alpha value is -2.59. The number of hydrogen-bond acceptors (Lipinski definition) is 2. The molecular weight excluding hydrogens is 412 g/mol. The number of ether oxygens (including phenoxy) is 1. The molecule has 4 aromatic rings. The molecule has 0 aliphatic rings. The van der Waals surface area contributed by atoms with E-state index < -0.39 is 0 Å². The molecule has 0 saturated carbocycles. The van der Waals surface area contributed by atoms with Gasteiger partial charge >= 0.3 is 0 Å². The number of aromatic nitrogens is 2. The van der Waals surface area contributed by atoms with Gasteiger partial charge in [-0.15, -0.1) is 0 Å². The Labute approximate surface area is 174 Å². The minimum absolute atomic E-state index is 0.675. The maximum Gasteiger partial charge on any atom is 0.141 e. The Kier molecular flexibility index (Phi) is 5.49. The fourth-order valence-corrected chi connectivity index (χ4v) is 3.92. The molecule has 1 heterocycles. The molecule has 3 aromatic carbocycles. The predicted molar refractivity (Wildman–Crippen MR) is 119 cm³/mol. The van der Waals surface area contributed by atoms with E-state index in [0.29, 0.717) is 6.61 Å². The summed E-state index contributed by atoms with van der Waals surface area (Å²) in [5.41, 5.74) is 5.73. The molecule has 28 heavy (non-hydrogen) atoms. The van der Waals surface area contributed by atoms with Crippen LogP contribution >= 0.6 is 15.9 Å². The Morgan fingerprint density at radius 3 is 2.64 bits per heavy atom. The standard InChI is InChI=1S/C24H23BrN2O/c1-17-11-12-23(18(2)15-17)28-14-6-13-27-22-10-4-3-9-21(22)26-24(27)19-7-5-8-20(25)16-19/h3-5,7-12,15-16H,6,13-14H2,1-2H3. The van der Waals surface area contributed by atoms with E-state index in [9.17, 15) is 0 Å². The number of aryl methyl sites for hydroxylation is 3. The van der Waals surface area contributed by atoms with Crippen LogP contribution in [0.4, 0.5) is 0 Å². The first kappa shape index (κ1) is 18.8. The van der Waals surface area contributed by atoms with Crippen molar-refractivity contribution < 1.29 is 4.74 Å². The highest BCUT2D eigenvalue weighted by Gasteiger charge is 2.12. The van der Waals surface area contributed by atoms with Gasteiger partial charge in [-0.2, -0.15) is 0 Å². The van der Waals surface area contributed by atoms with Crippen LogP contribution in [0.2, 0.25) is 0 Å². The van der Waals surface area contributed by atoms with Gasteiger partial charge < -0.3 is 9.30 Å². The maximum atomic E-state index is 6.03. The summed E-state index contributed by atoms with van der Waals surface area (Å²) >= 11 is 3.57. The second-order valence-electron chi connectivity index (χ2n) is 7.06. The number of para-hydroxylation sites is 2. The first-order valence-electron chi connectivity index (χ1n) is 9.53. The molecule has 4 heteroatoms. The van der Waals surface area contributed by atoms with Gasteiger partial charge in [-0.3, -0.25) is 0 Å². The predicted octanol–water partition coefficient (Wildman–Crippen LogP) is 6.55. The Morgan fingerprint density at radius 2 is 1.82 bits per heavy atom. The van der Waals surface area contributed by atoms with Crippen molar-refractivity contribution in [1.29, 1.82) is 0 Å². The second kappa shape index (κ2) is 8.19. The zero-order valence-corrected chi connectivity index (χ0v) is 17.7. The molecule has 4 rings (SSSR count). The normalized spacial score (nSPS) is 11.1. The van der Waals surface area contributed by atoms with Gasteiger partial charge in [0.1, 0.15) is 11.6 Å². The van der Waals surface area contributed by atoms with Crippen LogP contribution in [-0.2, 0) is 6.54 Å². The molecule has 0 bridgehead atoms. The topological polar surface area (TPSA) is 27.1 Å². The lowest BCUT2D eigenvalue weighted by atomic mass is 10.1. The van der Waals surface area contributed by atoms with Gasteiger partial charge in [0, 0.05) is 16.6 Å². The molecule has 1 aromatic heterocycles. The summed E-state index contributed by atoms with van der Waals surface area (Å²) in [6, 6.07) is 22.9. The number of hydrogen-bond donors (Lipinski definition) is 0. The van der Waals surface area contributed by atoms with Crippen molar-refractivity contribution >= 4 is 27.0 Å². The van der Waals surface area contributed by atoms with Crippen LogP contribution in [0.5, 0.6) is 5.75 Å². The van der Waals surface area contributed by atoms with E-state index >= 15 is 0 Å². The monoisotopic (exact) mass is 434 g/mol. The third-order valence-electron chi connectivity index (χ3n) is 4.85. The molecule has 0 unspecified atom stereocenters. The van der Waals surface area contributed by atoms with Crippen molar-refractivity contribution in [2.75, 3.05) is 6.61 Å². The van der Waals surface area contributed by atoms with Crippen molar-refractivity contribution in [3.8, 4) is 17.1 Å². The largest absolute Gasteiger partial charge is 0.493 e. The van der Waals surface area contributed by atoms with Gasteiger partial charge in [0.05, 0.1) is 17.6 Å². The summed E-state index contributed by atoms with van der Waals surface area (Å²) in [7, 11) is 0. The molecule has 3 nitrogen and oxygen atoms in total. The molecule has 0 aliphatic heterocycles. The molecule has 142 valence electrons. The third kappa shape index (κ3) is 3.97. The van der Waals surface area contributed by atoms with E-state index in [2.05, 4.69) is 82.9 Å². The number of fused-ring (bicyclic) bond motifs is 1. The minimum Gasteiger partial charge on any atom is -0.493 e. The van der Waals surface area contributed by atoms with E-state index in [4.69, 9.17) is 9.72 Å². The Bertz CT molecular complexity index is 1120. The minimum atomic E-state index is 0.675. The van der Waals surface area contributed by atoms with Crippen LogP contribution in [0.1, 0.15) is 17.5 Å². The van der Waals surface area contributed by atoms with Gasteiger partial charge in [-0.05, 0) is 56.2 Å². The number of nitrogens with zero attached hydrogens (tertiary/aromatic N) is 2. The van der Waals surface area contributed by atoms with E-state index in [-0.39, 0.29) is 0 Å². The first-order chi connectivity index (χ1) is 13.6. The summed E-state index contributed by atoms with van der Waals surface area (Å²) in [5.74, 6) is 1.96. The summed E-state index contributed by atoms with van der Waals surface area (Å²) in [6.07, 6.45) is 0.911. The molecular formula is C24H23BrN2O. The number of imidazole rings is 1. The van der Waals surface area contributed by atoms with Gasteiger partial charge in [0.25, 0.3) is 0 Å². The highest BCUT2D eigenvalue weighted by atomic mass is 79.9. The van der Waals surface area contributed by atoms with Crippen LogP contribution in [0.25, 0.3) is 22.4 Å². The number of benzene rings is 3. The zero-order chi connectivity index (χ0) is 19.5. The van der Waals surface area contributed by atoms with Crippen molar-refractivity contribution in [1.82, 2.24) is 9.55 Å². The van der Waals surface area contributed by atoms with Crippen LogP contribution in [0.3, 0.4) is 0 Å². The third-order valence-corrected chi connectivity index (χ3v) is 5.34. The van der Waals surface area contributed by atoms with E-state index in [1.807, 2.05) is 18.2 Å². The lowest BCUT2D eigenvalue weighted by molar-refractivity contribution is 0.301. The quantitative estimate of drug-likeness (QED) is 0.321. The lowest BCUT2D eigenvalue weighted by Gasteiger charge is -2.12. The lowest BCUT2D eigenvalue weighted by Crippen LogP contribution is -2.06. The first-order valence-corrected chi connectivity index (χ1v) is 10.3. The Morgan fingerprint density at radius 1 is 0.964 bits per heavy atom. The Balaban J connectivity index is 1.55.